The van der Waals surface area contributed by atoms with Crippen LogP contribution in [-0.2, 0) is 10.0 Å². The van der Waals surface area contributed by atoms with Gasteiger partial charge in [-0.05, 0) is 49.2 Å². The number of phenolic OH excluding ortho intramolecular Hbond substituents is 1. The third-order valence-electron chi connectivity index (χ3n) is 3.19. The minimum absolute atomic E-state index is 0.0851. The van der Waals surface area contributed by atoms with E-state index in [1.165, 1.54) is 6.08 Å². The quantitative estimate of drug-likeness (QED) is 0.883. The minimum atomic E-state index is -3.67. The molecule has 2 aromatic carbocycles. The van der Waals surface area contributed by atoms with Crippen LogP contribution < -0.4 is 4.72 Å². The van der Waals surface area contributed by atoms with Gasteiger partial charge in [0.05, 0.1) is 11.1 Å². The molecular weight excluding hydrogens is 322 g/mol. The van der Waals surface area contributed by atoms with E-state index in [9.17, 15) is 13.5 Å². The van der Waals surface area contributed by atoms with Gasteiger partial charge >= 0.3 is 0 Å². The summed E-state index contributed by atoms with van der Waals surface area (Å²) in [4.78, 5) is 0. The van der Waals surface area contributed by atoms with E-state index in [0.717, 1.165) is 11.0 Å². The van der Waals surface area contributed by atoms with Gasteiger partial charge in [-0.1, -0.05) is 29.8 Å². The molecule has 2 rings (SSSR count). The molecule has 0 aliphatic heterocycles. The maximum atomic E-state index is 12.1. The van der Waals surface area contributed by atoms with Gasteiger partial charge in [0.25, 0.3) is 10.0 Å². The molecule has 0 aromatic heterocycles. The van der Waals surface area contributed by atoms with Gasteiger partial charge in [-0.25, -0.2) is 8.42 Å². The summed E-state index contributed by atoms with van der Waals surface area (Å²) in [7, 11) is -3.67. The lowest BCUT2D eigenvalue weighted by Gasteiger charge is -2.11. The third-order valence-corrected chi connectivity index (χ3v) is 4.45. The van der Waals surface area contributed by atoms with Crippen molar-refractivity contribution >= 4 is 33.4 Å². The summed E-state index contributed by atoms with van der Waals surface area (Å²) in [5, 5.41) is 11.5. The van der Waals surface area contributed by atoms with Crippen molar-refractivity contribution in [2.24, 2.45) is 0 Å². The first-order valence-electron chi connectivity index (χ1n) is 6.54. The monoisotopic (exact) mass is 337 g/mol. The van der Waals surface area contributed by atoms with E-state index in [0.29, 0.717) is 21.8 Å². The third kappa shape index (κ3) is 4.02. The molecule has 0 saturated heterocycles. The zero-order chi connectivity index (χ0) is 16.3. The Morgan fingerprint density at radius 3 is 2.36 bits per heavy atom. The van der Waals surface area contributed by atoms with E-state index in [-0.39, 0.29) is 5.75 Å². The number of nitrogens with one attached hydrogen (secondary N) is 1. The number of phenols is 1. The van der Waals surface area contributed by atoms with Crippen LogP contribution in [0.4, 0.5) is 5.69 Å². The van der Waals surface area contributed by atoms with Gasteiger partial charge in [0.1, 0.15) is 5.75 Å². The van der Waals surface area contributed by atoms with Gasteiger partial charge in [-0.15, -0.1) is 0 Å². The van der Waals surface area contributed by atoms with Gasteiger partial charge in [0.2, 0.25) is 0 Å². The number of hydrogen-bond donors (Lipinski definition) is 2. The summed E-state index contributed by atoms with van der Waals surface area (Å²) in [6.07, 6.45) is 1.47. The van der Waals surface area contributed by atoms with Crippen molar-refractivity contribution in [1.82, 2.24) is 0 Å². The highest BCUT2D eigenvalue weighted by Gasteiger charge is 2.11. The maximum Gasteiger partial charge on any atom is 0.255 e. The molecule has 0 saturated carbocycles. The number of benzene rings is 2. The van der Waals surface area contributed by atoms with Crippen molar-refractivity contribution in [1.29, 1.82) is 0 Å². The average molecular weight is 338 g/mol. The predicted molar refractivity (Wildman–Crippen MR) is 90.6 cm³/mol. The van der Waals surface area contributed by atoms with Crippen LogP contribution in [0, 0.1) is 13.8 Å². The standard InChI is InChI=1S/C16H16ClNO3S/c1-11-3-8-15(12(2)16(11)19)18-22(20,21)10-9-13-4-6-14(17)7-5-13/h3-10,18-19H,1-2H3/b10-9+. The first-order valence-corrected chi connectivity index (χ1v) is 8.46. The molecule has 0 bridgehead atoms. The summed E-state index contributed by atoms with van der Waals surface area (Å²) in [5.74, 6) is 0.0851. The zero-order valence-electron chi connectivity index (χ0n) is 12.2. The van der Waals surface area contributed by atoms with Gasteiger partial charge < -0.3 is 5.11 Å². The van der Waals surface area contributed by atoms with Crippen LogP contribution in [-0.4, -0.2) is 13.5 Å². The number of anilines is 1. The van der Waals surface area contributed by atoms with Crippen molar-refractivity contribution in [3.05, 3.63) is 63.5 Å². The molecule has 2 aromatic rings. The summed E-state index contributed by atoms with van der Waals surface area (Å²) in [6, 6.07) is 10.1. The molecule has 0 amide bonds. The van der Waals surface area contributed by atoms with Crippen LogP contribution >= 0.6 is 11.6 Å². The summed E-state index contributed by atoms with van der Waals surface area (Å²) < 4.78 is 26.6. The molecule has 0 unspecified atom stereocenters. The van der Waals surface area contributed by atoms with Crippen molar-refractivity contribution in [2.45, 2.75) is 13.8 Å². The van der Waals surface area contributed by atoms with E-state index in [1.54, 1.807) is 50.2 Å². The lowest BCUT2D eigenvalue weighted by Crippen LogP contribution is -2.10. The van der Waals surface area contributed by atoms with E-state index in [2.05, 4.69) is 4.72 Å². The predicted octanol–water partition coefficient (Wildman–Crippen LogP) is 4.08. The fourth-order valence-corrected chi connectivity index (χ4v) is 2.93. The van der Waals surface area contributed by atoms with Crippen LogP contribution in [0.25, 0.3) is 6.08 Å². The SMILES string of the molecule is Cc1ccc(NS(=O)(=O)/C=C/c2ccc(Cl)cc2)c(C)c1O. The lowest BCUT2D eigenvalue weighted by atomic mass is 10.1. The normalized spacial score (nSPS) is 11.8. The van der Waals surface area contributed by atoms with Crippen LogP contribution in [0.5, 0.6) is 5.75 Å². The van der Waals surface area contributed by atoms with Gasteiger partial charge in [0.15, 0.2) is 0 Å². The molecule has 0 spiro atoms. The Hall–Kier alpha value is -1.98. The Morgan fingerprint density at radius 2 is 1.73 bits per heavy atom. The van der Waals surface area contributed by atoms with Crippen molar-refractivity contribution in [3.63, 3.8) is 0 Å². The Bertz CT molecular complexity index is 812. The van der Waals surface area contributed by atoms with Gasteiger partial charge in [0, 0.05) is 10.6 Å². The summed E-state index contributed by atoms with van der Waals surface area (Å²) >= 11 is 5.78. The molecular formula is C16H16ClNO3S. The second-order valence-electron chi connectivity index (χ2n) is 4.90. The second-order valence-corrected chi connectivity index (χ2v) is 6.91. The molecule has 0 aliphatic carbocycles. The Morgan fingerprint density at radius 1 is 1.09 bits per heavy atom. The number of rotatable bonds is 4. The number of sulfonamides is 1. The number of hydrogen-bond acceptors (Lipinski definition) is 3. The maximum absolute atomic E-state index is 12.1. The highest BCUT2D eigenvalue weighted by atomic mass is 35.5. The van der Waals surface area contributed by atoms with Crippen LogP contribution in [0.3, 0.4) is 0 Å². The summed E-state index contributed by atoms with van der Waals surface area (Å²) in [6.45, 7) is 3.41. The molecule has 22 heavy (non-hydrogen) atoms. The van der Waals surface area contributed by atoms with Gasteiger partial charge in [-0.3, -0.25) is 4.72 Å². The van der Waals surface area contributed by atoms with E-state index >= 15 is 0 Å². The number of aryl methyl sites for hydroxylation is 1. The molecule has 0 radical (unpaired) electrons. The number of halogens is 1. The highest BCUT2D eigenvalue weighted by molar-refractivity contribution is 7.95. The largest absolute Gasteiger partial charge is 0.507 e. The van der Waals surface area contributed by atoms with Crippen molar-refractivity contribution in [2.75, 3.05) is 4.72 Å². The summed E-state index contributed by atoms with van der Waals surface area (Å²) in [5.41, 5.74) is 2.25. The molecule has 116 valence electrons. The minimum Gasteiger partial charge on any atom is -0.507 e. The van der Waals surface area contributed by atoms with Gasteiger partial charge in [-0.2, -0.15) is 0 Å². The molecule has 2 N–H and O–H groups in total. The Kier molecular flexibility index (Phi) is 4.78. The smallest absolute Gasteiger partial charge is 0.255 e. The topological polar surface area (TPSA) is 66.4 Å². The van der Waals surface area contributed by atoms with E-state index in [4.69, 9.17) is 11.6 Å². The molecule has 6 heteroatoms. The van der Waals surface area contributed by atoms with Crippen LogP contribution in [0.2, 0.25) is 5.02 Å². The number of aromatic hydroxyl groups is 1. The van der Waals surface area contributed by atoms with Crippen molar-refractivity contribution < 1.29 is 13.5 Å². The fraction of sp³-hybridized carbons (Fsp3) is 0.125. The van der Waals surface area contributed by atoms with Crippen LogP contribution in [0.15, 0.2) is 41.8 Å². The Balaban J connectivity index is 2.21. The van der Waals surface area contributed by atoms with E-state index < -0.39 is 10.0 Å². The highest BCUT2D eigenvalue weighted by Crippen LogP contribution is 2.28. The molecule has 0 heterocycles. The second kappa shape index (κ2) is 6.42. The molecule has 4 nitrogen and oxygen atoms in total. The van der Waals surface area contributed by atoms with Crippen molar-refractivity contribution in [3.8, 4) is 5.75 Å². The molecule has 0 aliphatic rings. The first-order chi connectivity index (χ1) is 10.3. The average Bonchev–Trinajstić information content (AvgIpc) is 2.47. The molecule has 0 atom stereocenters. The van der Waals surface area contributed by atoms with E-state index in [1.807, 2.05) is 0 Å². The Labute approximate surface area is 135 Å². The lowest BCUT2D eigenvalue weighted by molar-refractivity contribution is 0.467. The van der Waals surface area contributed by atoms with Crippen LogP contribution in [0.1, 0.15) is 16.7 Å². The fourth-order valence-electron chi connectivity index (χ4n) is 1.88. The zero-order valence-corrected chi connectivity index (χ0v) is 13.7. The molecule has 0 fully saturated rings. The first kappa shape index (κ1) is 16.4.